The van der Waals surface area contributed by atoms with E-state index in [0.717, 1.165) is 0 Å². The van der Waals surface area contributed by atoms with Crippen molar-refractivity contribution in [3.63, 3.8) is 0 Å². The molecule has 0 aliphatic rings. The molecule has 6 heteroatoms. The van der Waals surface area contributed by atoms with Gasteiger partial charge in [-0.2, -0.15) is 0 Å². The summed E-state index contributed by atoms with van der Waals surface area (Å²) in [7, 11) is 0. The molecule has 3 N–H and O–H groups in total. The summed E-state index contributed by atoms with van der Waals surface area (Å²) in [6.45, 7) is 0.0634. The van der Waals surface area contributed by atoms with Crippen molar-refractivity contribution in [1.29, 1.82) is 0 Å². The van der Waals surface area contributed by atoms with E-state index in [4.69, 9.17) is 15.2 Å². The van der Waals surface area contributed by atoms with Gasteiger partial charge in [0.05, 0.1) is 4.47 Å². The Bertz CT molecular complexity index is 592. The molecule has 0 heterocycles. The molecule has 1 atom stereocenters. The molecule has 0 aliphatic carbocycles. The fourth-order valence-electron chi connectivity index (χ4n) is 1.58. The summed E-state index contributed by atoms with van der Waals surface area (Å²) < 4.78 is 24.4. The average Bonchev–Trinajstić information content (AvgIpc) is 2.47. The first-order valence-corrected chi connectivity index (χ1v) is 7.08. The van der Waals surface area contributed by atoms with Crippen LogP contribution in [0.25, 0.3) is 0 Å². The van der Waals surface area contributed by atoms with Crippen molar-refractivity contribution < 1.29 is 19.0 Å². The van der Waals surface area contributed by atoms with Gasteiger partial charge in [0, 0.05) is 11.8 Å². The van der Waals surface area contributed by atoms with Crippen LogP contribution in [0.3, 0.4) is 0 Å². The Kier molecular flexibility index (Phi) is 5.41. The second-order valence-electron chi connectivity index (χ2n) is 4.42. The number of rotatable bonds is 6. The lowest BCUT2D eigenvalue weighted by Gasteiger charge is -2.14. The Hall–Kier alpha value is -1.79. The molecular weight excluding hydrogens is 341 g/mol. The van der Waals surface area contributed by atoms with Gasteiger partial charge in [-0.3, -0.25) is 0 Å². The van der Waals surface area contributed by atoms with Gasteiger partial charge in [-0.1, -0.05) is 0 Å². The number of aliphatic hydroxyl groups excluding tert-OH is 1. The minimum absolute atomic E-state index is 0.00295. The van der Waals surface area contributed by atoms with Crippen LogP contribution in [-0.4, -0.2) is 24.4 Å². The van der Waals surface area contributed by atoms with Gasteiger partial charge in [-0.15, -0.1) is 0 Å². The van der Waals surface area contributed by atoms with Gasteiger partial charge in [0.25, 0.3) is 0 Å². The molecule has 0 radical (unpaired) electrons. The zero-order valence-corrected chi connectivity index (χ0v) is 12.7. The predicted molar refractivity (Wildman–Crippen MR) is 82.0 cm³/mol. The van der Waals surface area contributed by atoms with Crippen LogP contribution in [0, 0.1) is 5.82 Å². The highest BCUT2D eigenvalue weighted by atomic mass is 79.9. The van der Waals surface area contributed by atoms with Crippen molar-refractivity contribution in [2.24, 2.45) is 0 Å². The fraction of sp³-hybridized carbons (Fsp3) is 0.200. The highest BCUT2D eigenvalue weighted by Gasteiger charge is 2.09. The number of hydrogen-bond acceptors (Lipinski definition) is 4. The van der Waals surface area contributed by atoms with Crippen LogP contribution in [-0.2, 0) is 0 Å². The first-order valence-electron chi connectivity index (χ1n) is 6.29. The van der Waals surface area contributed by atoms with Crippen LogP contribution in [0.15, 0.2) is 46.9 Å². The summed E-state index contributed by atoms with van der Waals surface area (Å²) >= 11 is 3.25. The van der Waals surface area contributed by atoms with E-state index in [-0.39, 0.29) is 13.2 Å². The molecule has 0 saturated carbocycles. The van der Waals surface area contributed by atoms with E-state index >= 15 is 0 Å². The molecule has 0 fully saturated rings. The topological polar surface area (TPSA) is 64.7 Å². The molecule has 0 aromatic heterocycles. The Morgan fingerprint density at radius 2 is 1.76 bits per heavy atom. The first kappa shape index (κ1) is 15.6. The van der Waals surface area contributed by atoms with E-state index in [0.29, 0.717) is 21.7 Å². The largest absolute Gasteiger partial charge is 0.491 e. The third-order valence-corrected chi connectivity index (χ3v) is 3.30. The summed E-state index contributed by atoms with van der Waals surface area (Å²) in [6.07, 6.45) is -0.835. The van der Waals surface area contributed by atoms with Gasteiger partial charge >= 0.3 is 0 Å². The number of aliphatic hydroxyl groups is 1. The van der Waals surface area contributed by atoms with E-state index in [1.807, 2.05) is 0 Å². The number of benzene rings is 2. The number of anilines is 1. The van der Waals surface area contributed by atoms with Crippen molar-refractivity contribution in [2.45, 2.75) is 6.10 Å². The van der Waals surface area contributed by atoms with Crippen molar-refractivity contribution in [3.8, 4) is 11.5 Å². The normalized spacial score (nSPS) is 12.0. The maximum absolute atomic E-state index is 13.1. The second-order valence-corrected chi connectivity index (χ2v) is 5.27. The third kappa shape index (κ3) is 4.91. The second kappa shape index (κ2) is 7.28. The van der Waals surface area contributed by atoms with Crippen LogP contribution in [0.1, 0.15) is 0 Å². The summed E-state index contributed by atoms with van der Waals surface area (Å²) in [5.74, 6) is 0.539. The molecule has 2 rings (SSSR count). The van der Waals surface area contributed by atoms with E-state index in [1.54, 1.807) is 30.3 Å². The zero-order valence-electron chi connectivity index (χ0n) is 11.1. The Morgan fingerprint density at radius 1 is 1.10 bits per heavy atom. The predicted octanol–water partition coefficient (Wildman–Crippen LogP) is 2.99. The lowest BCUT2D eigenvalue weighted by atomic mass is 10.3. The summed E-state index contributed by atoms with van der Waals surface area (Å²) in [5.41, 5.74) is 6.20. The maximum Gasteiger partial charge on any atom is 0.136 e. The molecule has 0 bridgehead atoms. The molecule has 0 amide bonds. The minimum Gasteiger partial charge on any atom is -0.491 e. The molecule has 2 aromatic carbocycles. The summed E-state index contributed by atoms with van der Waals surface area (Å²) in [5, 5.41) is 9.80. The Balaban J connectivity index is 1.80. The molecule has 2 aromatic rings. The summed E-state index contributed by atoms with van der Waals surface area (Å²) in [6, 6.07) is 11.0. The zero-order chi connectivity index (χ0) is 15.2. The number of halogens is 2. The highest BCUT2D eigenvalue weighted by molar-refractivity contribution is 9.10. The van der Waals surface area contributed by atoms with Gasteiger partial charge < -0.3 is 20.3 Å². The van der Waals surface area contributed by atoms with Gasteiger partial charge in [0.2, 0.25) is 0 Å². The van der Waals surface area contributed by atoms with Gasteiger partial charge in [0.15, 0.2) is 0 Å². The maximum atomic E-state index is 13.1. The SMILES string of the molecule is Nc1ccc(OCC(O)COc2cc(F)ccc2Br)cc1. The molecule has 0 saturated heterocycles. The van der Waals surface area contributed by atoms with E-state index in [2.05, 4.69) is 15.9 Å². The van der Waals surface area contributed by atoms with Crippen LogP contribution < -0.4 is 15.2 Å². The molecule has 21 heavy (non-hydrogen) atoms. The van der Waals surface area contributed by atoms with E-state index < -0.39 is 11.9 Å². The average molecular weight is 356 g/mol. The van der Waals surface area contributed by atoms with Gasteiger partial charge in [-0.05, 0) is 52.3 Å². The lowest BCUT2D eigenvalue weighted by molar-refractivity contribution is 0.0623. The van der Waals surface area contributed by atoms with Crippen LogP contribution in [0.4, 0.5) is 10.1 Å². The van der Waals surface area contributed by atoms with Crippen molar-refractivity contribution in [2.75, 3.05) is 18.9 Å². The van der Waals surface area contributed by atoms with Crippen LogP contribution in [0.2, 0.25) is 0 Å². The summed E-state index contributed by atoms with van der Waals surface area (Å²) in [4.78, 5) is 0. The monoisotopic (exact) mass is 355 g/mol. The number of nitrogen functional groups attached to an aromatic ring is 1. The third-order valence-electron chi connectivity index (χ3n) is 2.65. The molecular formula is C15H15BrFNO3. The molecule has 0 aliphatic heterocycles. The Labute approximate surface area is 130 Å². The standard InChI is InChI=1S/C15H15BrFNO3/c16-14-6-1-10(17)7-15(14)21-9-12(19)8-20-13-4-2-11(18)3-5-13/h1-7,12,19H,8-9,18H2. The van der Waals surface area contributed by atoms with Gasteiger partial charge in [-0.25, -0.2) is 4.39 Å². The molecule has 112 valence electrons. The highest BCUT2D eigenvalue weighted by Crippen LogP contribution is 2.25. The number of nitrogens with two attached hydrogens (primary N) is 1. The number of hydrogen-bond donors (Lipinski definition) is 2. The van der Waals surface area contributed by atoms with Crippen LogP contribution >= 0.6 is 15.9 Å². The van der Waals surface area contributed by atoms with Gasteiger partial charge in [0.1, 0.15) is 36.6 Å². The van der Waals surface area contributed by atoms with Crippen molar-refractivity contribution in [3.05, 3.63) is 52.8 Å². The number of ether oxygens (including phenoxy) is 2. The van der Waals surface area contributed by atoms with Crippen molar-refractivity contribution in [1.82, 2.24) is 0 Å². The Morgan fingerprint density at radius 3 is 2.48 bits per heavy atom. The fourth-order valence-corrected chi connectivity index (χ4v) is 1.94. The lowest BCUT2D eigenvalue weighted by Crippen LogP contribution is -2.25. The molecule has 4 nitrogen and oxygen atoms in total. The molecule has 0 spiro atoms. The quantitative estimate of drug-likeness (QED) is 0.781. The van der Waals surface area contributed by atoms with E-state index in [9.17, 15) is 9.50 Å². The minimum atomic E-state index is -0.835. The van der Waals surface area contributed by atoms with Crippen molar-refractivity contribution >= 4 is 21.6 Å². The first-order chi connectivity index (χ1) is 10.0. The van der Waals surface area contributed by atoms with Crippen LogP contribution in [0.5, 0.6) is 11.5 Å². The van der Waals surface area contributed by atoms with E-state index in [1.165, 1.54) is 12.1 Å². The molecule has 1 unspecified atom stereocenters. The smallest absolute Gasteiger partial charge is 0.136 e.